The molecule has 1 N–H and O–H groups in total. The van der Waals surface area contributed by atoms with Gasteiger partial charge in [-0.25, -0.2) is 0 Å². The first-order valence-electron chi connectivity index (χ1n) is 7.87. The lowest BCUT2D eigenvalue weighted by atomic mass is 10.1. The molecule has 0 aliphatic carbocycles. The number of anilines is 1. The predicted octanol–water partition coefficient (Wildman–Crippen LogP) is 5.88. The number of carbonyl (C=O) groups is 1. The molecule has 0 spiro atoms. The van der Waals surface area contributed by atoms with Crippen molar-refractivity contribution in [3.63, 3.8) is 0 Å². The Morgan fingerprint density at radius 2 is 1.96 bits per heavy atom. The molecule has 0 radical (unpaired) electrons. The summed E-state index contributed by atoms with van der Waals surface area (Å²) in [5.74, 6) is -0.146. The number of thiocarbonyl (C=S) groups is 1. The van der Waals surface area contributed by atoms with Crippen LogP contribution in [0.2, 0.25) is 10.0 Å². The molecule has 1 aliphatic rings. The molecular weight excluding hydrogens is 407 g/mol. The van der Waals surface area contributed by atoms with E-state index in [4.69, 9.17) is 35.4 Å². The summed E-state index contributed by atoms with van der Waals surface area (Å²) in [5, 5.41) is 4.13. The van der Waals surface area contributed by atoms with E-state index < -0.39 is 0 Å². The zero-order valence-corrected chi connectivity index (χ0v) is 17.3. The number of aryl methyl sites for hydroxylation is 2. The summed E-state index contributed by atoms with van der Waals surface area (Å²) in [4.78, 5) is 14.8. The summed E-state index contributed by atoms with van der Waals surface area (Å²) in [6.07, 6.45) is 1.73. The van der Waals surface area contributed by atoms with E-state index in [-0.39, 0.29) is 5.91 Å². The van der Waals surface area contributed by atoms with Crippen LogP contribution >= 0.6 is 47.2 Å². The fourth-order valence-electron chi connectivity index (χ4n) is 2.43. The van der Waals surface area contributed by atoms with Crippen LogP contribution in [0.5, 0.6) is 0 Å². The minimum Gasteiger partial charge on any atom is -0.367 e. The van der Waals surface area contributed by atoms with Crippen molar-refractivity contribution in [3.8, 4) is 0 Å². The Morgan fingerprint density at radius 3 is 2.69 bits per heavy atom. The van der Waals surface area contributed by atoms with Crippen molar-refractivity contribution >= 4 is 69.2 Å². The lowest BCUT2D eigenvalue weighted by Gasteiger charge is -2.16. The van der Waals surface area contributed by atoms with Crippen LogP contribution in [0.4, 0.5) is 5.69 Å². The first kappa shape index (κ1) is 19.2. The van der Waals surface area contributed by atoms with Crippen LogP contribution in [0.25, 0.3) is 6.08 Å². The van der Waals surface area contributed by atoms with E-state index in [2.05, 4.69) is 25.2 Å². The van der Waals surface area contributed by atoms with Gasteiger partial charge in [0.05, 0.1) is 21.6 Å². The Hall–Kier alpha value is -1.53. The molecule has 0 atom stereocenters. The molecule has 134 valence electrons. The molecule has 2 aromatic rings. The Labute approximate surface area is 172 Å². The topological polar surface area (TPSA) is 32.3 Å². The first-order chi connectivity index (χ1) is 12.4. The number of carbonyl (C=O) groups excluding carboxylic acids is 1. The highest BCUT2D eigenvalue weighted by molar-refractivity contribution is 8.26. The molecule has 1 fully saturated rings. The number of nitrogens with zero attached hydrogens (tertiary/aromatic N) is 1. The third kappa shape index (κ3) is 4.07. The van der Waals surface area contributed by atoms with Crippen molar-refractivity contribution < 1.29 is 4.79 Å². The molecule has 0 unspecified atom stereocenters. The van der Waals surface area contributed by atoms with Gasteiger partial charge in [-0.3, -0.25) is 9.69 Å². The molecule has 0 aromatic heterocycles. The highest BCUT2D eigenvalue weighted by Crippen LogP contribution is 2.35. The van der Waals surface area contributed by atoms with Gasteiger partial charge in [-0.05, 0) is 54.8 Å². The van der Waals surface area contributed by atoms with E-state index in [1.54, 1.807) is 23.1 Å². The van der Waals surface area contributed by atoms with Gasteiger partial charge in [0, 0.05) is 5.69 Å². The maximum atomic E-state index is 12.7. The molecule has 3 rings (SSSR count). The summed E-state index contributed by atoms with van der Waals surface area (Å²) in [5.41, 5.74) is 4.06. The van der Waals surface area contributed by atoms with E-state index in [0.717, 1.165) is 5.69 Å². The number of amides is 1. The molecule has 1 heterocycles. The monoisotopic (exact) mass is 422 g/mol. The molecule has 3 nitrogen and oxygen atoms in total. The molecule has 1 saturated heterocycles. The summed E-state index contributed by atoms with van der Waals surface area (Å²) < 4.78 is 0.510. The molecule has 7 heteroatoms. The van der Waals surface area contributed by atoms with Crippen molar-refractivity contribution in [3.05, 3.63) is 68.0 Å². The third-order valence-corrected chi connectivity index (χ3v) is 6.30. The summed E-state index contributed by atoms with van der Waals surface area (Å²) in [7, 11) is 0. The number of rotatable bonds is 4. The average Bonchev–Trinajstić information content (AvgIpc) is 2.87. The van der Waals surface area contributed by atoms with Gasteiger partial charge >= 0.3 is 0 Å². The quantitative estimate of drug-likeness (QED) is 0.492. The largest absolute Gasteiger partial charge is 0.367 e. The van der Waals surface area contributed by atoms with Gasteiger partial charge in [-0.1, -0.05) is 65.4 Å². The standard InChI is InChI=1S/C19H16Cl2N2OS2/c1-11-6-7-14(8-12(11)2)22-10-23-18(24)16(26-19(23)25)9-13-4-3-5-15(20)17(13)21/h3-9,22H,10H2,1-2H3. The van der Waals surface area contributed by atoms with E-state index >= 15 is 0 Å². The van der Waals surface area contributed by atoms with Crippen molar-refractivity contribution in [2.75, 3.05) is 12.0 Å². The number of hydrogen-bond donors (Lipinski definition) is 1. The van der Waals surface area contributed by atoms with Crippen LogP contribution < -0.4 is 5.32 Å². The van der Waals surface area contributed by atoms with Crippen LogP contribution in [0.15, 0.2) is 41.3 Å². The van der Waals surface area contributed by atoms with E-state index in [1.165, 1.54) is 22.9 Å². The summed E-state index contributed by atoms with van der Waals surface area (Å²) >= 11 is 18.9. The highest BCUT2D eigenvalue weighted by atomic mass is 35.5. The van der Waals surface area contributed by atoms with E-state index in [1.807, 2.05) is 18.2 Å². The van der Waals surface area contributed by atoms with Crippen LogP contribution in [0, 0.1) is 13.8 Å². The van der Waals surface area contributed by atoms with Crippen LogP contribution in [-0.4, -0.2) is 21.8 Å². The van der Waals surface area contributed by atoms with Gasteiger partial charge in [0.25, 0.3) is 5.91 Å². The fourth-order valence-corrected chi connectivity index (χ4v) is 4.04. The molecule has 0 bridgehead atoms. The van der Waals surface area contributed by atoms with Crippen molar-refractivity contribution in [2.24, 2.45) is 0 Å². The van der Waals surface area contributed by atoms with Crippen LogP contribution in [0.3, 0.4) is 0 Å². The zero-order valence-electron chi connectivity index (χ0n) is 14.2. The maximum Gasteiger partial charge on any atom is 0.267 e. The summed E-state index contributed by atoms with van der Waals surface area (Å²) in [6, 6.07) is 11.4. The van der Waals surface area contributed by atoms with Crippen molar-refractivity contribution in [1.29, 1.82) is 0 Å². The molecule has 1 amide bonds. The second-order valence-corrected chi connectivity index (χ2v) is 8.35. The van der Waals surface area contributed by atoms with Crippen LogP contribution in [0.1, 0.15) is 16.7 Å². The first-order valence-corrected chi connectivity index (χ1v) is 9.85. The minimum atomic E-state index is -0.146. The van der Waals surface area contributed by atoms with E-state index in [0.29, 0.717) is 31.5 Å². The molecule has 1 aliphatic heterocycles. The number of benzene rings is 2. The fraction of sp³-hybridized carbons (Fsp3) is 0.158. The second kappa shape index (κ2) is 8.01. The van der Waals surface area contributed by atoms with Crippen LogP contribution in [-0.2, 0) is 4.79 Å². The maximum absolute atomic E-state index is 12.7. The molecule has 0 saturated carbocycles. The third-order valence-electron chi connectivity index (χ3n) is 4.09. The lowest BCUT2D eigenvalue weighted by molar-refractivity contribution is -0.121. The number of halogens is 2. The zero-order chi connectivity index (χ0) is 18.8. The van der Waals surface area contributed by atoms with E-state index in [9.17, 15) is 4.79 Å². The SMILES string of the molecule is Cc1ccc(NCN2C(=O)C(=Cc3cccc(Cl)c3Cl)SC2=S)cc1C. The highest BCUT2D eigenvalue weighted by Gasteiger charge is 2.32. The van der Waals surface area contributed by atoms with Gasteiger partial charge in [-0.15, -0.1) is 0 Å². The smallest absolute Gasteiger partial charge is 0.267 e. The van der Waals surface area contributed by atoms with Gasteiger partial charge in [0.15, 0.2) is 0 Å². The van der Waals surface area contributed by atoms with Crippen molar-refractivity contribution in [1.82, 2.24) is 4.90 Å². The van der Waals surface area contributed by atoms with Gasteiger partial charge < -0.3 is 5.32 Å². The Bertz CT molecular complexity index is 928. The minimum absolute atomic E-state index is 0.146. The van der Waals surface area contributed by atoms with Gasteiger partial charge in [-0.2, -0.15) is 0 Å². The molecular formula is C19H16Cl2N2OS2. The Kier molecular flexibility index (Phi) is 5.92. The number of nitrogens with one attached hydrogen (secondary N) is 1. The van der Waals surface area contributed by atoms with Gasteiger partial charge in [0.2, 0.25) is 0 Å². The number of thioether (sulfide) groups is 1. The average molecular weight is 423 g/mol. The Morgan fingerprint density at radius 1 is 1.19 bits per heavy atom. The predicted molar refractivity (Wildman–Crippen MR) is 116 cm³/mol. The normalized spacial score (nSPS) is 15.8. The lowest BCUT2D eigenvalue weighted by Crippen LogP contribution is -2.33. The molecule has 26 heavy (non-hydrogen) atoms. The van der Waals surface area contributed by atoms with Gasteiger partial charge in [0.1, 0.15) is 4.32 Å². The molecule has 2 aromatic carbocycles. The van der Waals surface area contributed by atoms with Crippen molar-refractivity contribution in [2.45, 2.75) is 13.8 Å². The second-order valence-electron chi connectivity index (χ2n) is 5.89. The Balaban J connectivity index is 1.75. The summed E-state index contributed by atoms with van der Waals surface area (Å²) in [6.45, 7) is 4.43. The number of hydrogen-bond acceptors (Lipinski definition) is 4.